The molecule has 0 aromatic heterocycles. The van der Waals surface area contributed by atoms with Gasteiger partial charge in [-0.05, 0) is 0 Å². The van der Waals surface area contributed by atoms with Crippen LogP contribution in [0.3, 0.4) is 0 Å². The Labute approximate surface area is 91.5 Å². The van der Waals surface area contributed by atoms with E-state index in [9.17, 15) is 0 Å². The topological polar surface area (TPSA) is 14.1 Å². The summed E-state index contributed by atoms with van der Waals surface area (Å²) in [5, 5.41) is 4.28. The van der Waals surface area contributed by atoms with E-state index in [1.807, 2.05) is 0 Å². The summed E-state index contributed by atoms with van der Waals surface area (Å²) in [4.78, 5) is 0. The van der Waals surface area contributed by atoms with Gasteiger partial charge in [0.15, 0.2) is 0 Å². The fourth-order valence-electron chi connectivity index (χ4n) is 0.596. The monoisotopic (exact) mass is 251 g/mol. The first-order valence-electron chi connectivity index (χ1n) is 2.83. The van der Waals surface area contributed by atoms with Gasteiger partial charge in [0.05, 0.1) is 0 Å². The van der Waals surface area contributed by atoms with E-state index in [4.69, 9.17) is 0 Å². The van der Waals surface area contributed by atoms with Gasteiger partial charge in [0, 0.05) is 0 Å². The van der Waals surface area contributed by atoms with Gasteiger partial charge in [-0.25, -0.2) is 0 Å². The van der Waals surface area contributed by atoms with Crippen LogP contribution in [0, 0.1) is 0 Å². The molecule has 0 saturated heterocycles. The molecule has 0 aromatic rings. The Morgan fingerprint density at radius 3 is 1.11 bits per heavy atom. The van der Waals surface area contributed by atoms with Crippen LogP contribution >= 0.6 is 0 Å². The second kappa shape index (κ2) is 9.46. The van der Waals surface area contributed by atoms with Gasteiger partial charge >= 0.3 is 23.1 Å². The summed E-state index contributed by atoms with van der Waals surface area (Å²) < 4.78 is 0. The molecule has 0 N–H and O–H groups in total. The minimum atomic E-state index is 0. The van der Waals surface area contributed by atoms with Gasteiger partial charge in [-0.15, -0.1) is 12.1 Å². The molecule has 0 aliphatic heterocycles. The quantitative estimate of drug-likeness (QED) is 0.432. The molecular formula is C6H14IMgN. The van der Waals surface area contributed by atoms with Crippen molar-refractivity contribution in [2.45, 2.75) is 39.8 Å². The Balaban J connectivity index is -0.000000180. The predicted octanol–water partition coefficient (Wildman–Crippen LogP) is -1.20. The molecule has 9 heavy (non-hydrogen) atoms. The van der Waals surface area contributed by atoms with E-state index in [2.05, 4.69) is 33.0 Å². The summed E-state index contributed by atoms with van der Waals surface area (Å²) in [6.07, 6.45) is 0. The standard InChI is InChI=1S/C6H14N.HI.Mg/c1-5(2)7-6(3)4;;/h5-6H,1-4H3;1H;/q-1;;+2/p-1. The first-order chi connectivity index (χ1) is 3.13. The van der Waals surface area contributed by atoms with Crippen LogP contribution in [0.4, 0.5) is 0 Å². The first-order valence-corrected chi connectivity index (χ1v) is 2.83. The van der Waals surface area contributed by atoms with E-state index < -0.39 is 0 Å². The van der Waals surface area contributed by atoms with Gasteiger partial charge in [-0.3, -0.25) is 0 Å². The zero-order valence-corrected chi connectivity index (χ0v) is 10.3. The minimum Gasteiger partial charge on any atom is -1.00 e. The molecule has 0 rings (SSSR count). The molecule has 1 nitrogen and oxygen atoms in total. The molecule has 3 heteroatoms. The number of hydrogen-bond acceptors (Lipinski definition) is 0. The van der Waals surface area contributed by atoms with Crippen molar-refractivity contribution in [3.63, 3.8) is 0 Å². The van der Waals surface area contributed by atoms with Gasteiger partial charge in [0.25, 0.3) is 0 Å². The molecule has 0 bridgehead atoms. The SMILES string of the molecule is CC(C)[N-]C(C)C.[I-].[Mg+2]. The molecule has 0 unspecified atom stereocenters. The van der Waals surface area contributed by atoms with Crippen molar-refractivity contribution in [1.82, 2.24) is 0 Å². The average Bonchev–Trinajstić information content (AvgIpc) is 1.27. The average molecular weight is 251 g/mol. The zero-order valence-electron chi connectivity index (χ0n) is 6.69. The van der Waals surface area contributed by atoms with Crippen molar-refractivity contribution in [3.8, 4) is 0 Å². The van der Waals surface area contributed by atoms with E-state index >= 15 is 0 Å². The maximum Gasteiger partial charge on any atom is 2.00 e. The Morgan fingerprint density at radius 1 is 0.889 bits per heavy atom. The van der Waals surface area contributed by atoms with Crippen LogP contribution in [0.25, 0.3) is 5.32 Å². The largest absolute Gasteiger partial charge is 2.00 e. The van der Waals surface area contributed by atoms with Crippen molar-refractivity contribution < 1.29 is 24.0 Å². The molecule has 0 aliphatic rings. The molecule has 0 aliphatic carbocycles. The van der Waals surface area contributed by atoms with Gasteiger partial charge < -0.3 is 29.3 Å². The van der Waals surface area contributed by atoms with Crippen molar-refractivity contribution >= 4 is 23.1 Å². The van der Waals surface area contributed by atoms with Crippen LogP contribution in [0.5, 0.6) is 0 Å². The smallest absolute Gasteiger partial charge is 1.00 e. The normalized spacial score (nSPS) is 8.67. The van der Waals surface area contributed by atoms with Gasteiger partial charge in [0.1, 0.15) is 0 Å². The number of nitrogens with zero attached hydrogens (tertiary/aromatic N) is 1. The Hall–Kier alpha value is 1.46. The molecule has 0 spiro atoms. The maximum atomic E-state index is 4.28. The third-order valence-electron chi connectivity index (χ3n) is 0.596. The molecule has 0 heterocycles. The maximum absolute atomic E-state index is 4.28. The summed E-state index contributed by atoms with van der Waals surface area (Å²) in [5.41, 5.74) is 0. The third-order valence-corrected chi connectivity index (χ3v) is 0.596. The van der Waals surface area contributed by atoms with E-state index in [0.717, 1.165) is 0 Å². The Kier molecular flexibility index (Phi) is 17.7. The minimum absolute atomic E-state index is 0. The van der Waals surface area contributed by atoms with Crippen LogP contribution in [-0.4, -0.2) is 35.1 Å². The van der Waals surface area contributed by atoms with E-state index in [1.54, 1.807) is 0 Å². The molecule has 0 amide bonds. The van der Waals surface area contributed by atoms with E-state index in [0.29, 0.717) is 12.1 Å². The summed E-state index contributed by atoms with van der Waals surface area (Å²) >= 11 is 0. The fraction of sp³-hybridized carbons (Fsp3) is 1.00. The number of hydrogen-bond donors (Lipinski definition) is 0. The third kappa shape index (κ3) is 17.7. The molecule has 0 saturated carbocycles. The second-order valence-electron chi connectivity index (χ2n) is 2.34. The molecule has 0 radical (unpaired) electrons. The van der Waals surface area contributed by atoms with Gasteiger partial charge in [-0.1, -0.05) is 27.7 Å². The van der Waals surface area contributed by atoms with Crippen LogP contribution < -0.4 is 24.0 Å². The van der Waals surface area contributed by atoms with Crippen molar-refractivity contribution in [2.24, 2.45) is 0 Å². The van der Waals surface area contributed by atoms with Crippen molar-refractivity contribution in [2.75, 3.05) is 0 Å². The van der Waals surface area contributed by atoms with Crippen molar-refractivity contribution in [3.05, 3.63) is 5.32 Å². The Morgan fingerprint density at radius 2 is 1.11 bits per heavy atom. The molecule has 52 valence electrons. The van der Waals surface area contributed by atoms with Crippen LogP contribution in [0.15, 0.2) is 0 Å². The fourth-order valence-corrected chi connectivity index (χ4v) is 0.596. The number of rotatable bonds is 2. The molecular weight excluding hydrogens is 237 g/mol. The second-order valence-corrected chi connectivity index (χ2v) is 2.34. The first kappa shape index (κ1) is 16.8. The summed E-state index contributed by atoms with van der Waals surface area (Å²) in [5.74, 6) is 0. The van der Waals surface area contributed by atoms with Gasteiger partial charge in [-0.2, -0.15) is 0 Å². The Bertz CT molecular complexity index is 42.3. The van der Waals surface area contributed by atoms with Crippen LogP contribution in [0.2, 0.25) is 0 Å². The van der Waals surface area contributed by atoms with Crippen molar-refractivity contribution in [1.29, 1.82) is 0 Å². The summed E-state index contributed by atoms with van der Waals surface area (Å²) in [6.45, 7) is 8.39. The van der Waals surface area contributed by atoms with Crippen LogP contribution in [-0.2, 0) is 0 Å². The number of halogens is 1. The molecule has 0 aromatic carbocycles. The predicted molar refractivity (Wildman–Crippen MR) is 39.4 cm³/mol. The molecule has 0 fully saturated rings. The summed E-state index contributed by atoms with van der Waals surface area (Å²) in [7, 11) is 0. The van der Waals surface area contributed by atoms with E-state index in [-0.39, 0.29) is 47.0 Å². The summed E-state index contributed by atoms with van der Waals surface area (Å²) in [6, 6.07) is 1.000. The van der Waals surface area contributed by atoms with Crippen LogP contribution in [0.1, 0.15) is 27.7 Å². The molecule has 0 atom stereocenters. The zero-order chi connectivity index (χ0) is 5.86. The van der Waals surface area contributed by atoms with E-state index in [1.165, 1.54) is 0 Å². The van der Waals surface area contributed by atoms with Gasteiger partial charge in [0.2, 0.25) is 0 Å².